The molecule has 4 heteroatoms. The van der Waals surface area contributed by atoms with Crippen LogP contribution in [0.5, 0.6) is 0 Å². The van der Waals surface area contributed by atoms with E-state index in [9.17, 15) is 9.59 Å². The largest absolute Gasteiger partial charge is 0.289 e. The number of halogens is 2. The number of Topliss-reactive ketones (excluding diaryl/α,β-unsaturated/α-hetero) is 1. The molecule has 0 atom stereocenters. The molecular formula is C14H6Cl2O2. The van der Waals surface area contributed by atoms with Gasteiger partial charge in [-0.1, -0.05) is 29.3 Å². The second kappa shape index (κ2) is 3.94. The second-order valence-electron chi connectivity index (χ2n) is 4.07. The SMILES string of the molecule is O=C1C=C(Cl)C(=O)c2cc3ccc(Cl)cc3cc21. The number of hydrogen-bond acceptors (Lipinski definition) is 2. The molecule has 0 N–H and O–H groups in total. The molecule has 18 heavy (non-hydrogen) atoms. The minimum absolute atomic E-state index is 0.0409. The Balaban J connectivity index is 2.36. The van der Waals surface area contributed by atoms with Crippen molar-refractivity contribution >= 4 is 45.5 Å². The number of ketones is 2. The number of carbonyl (C=O) groups excluding carboxylic acids is 2. The van der Waals surface area contributed by atoms with Gasteiger partial charge in [0, 0.05) is 22.2 Å². The lowest BCUT2D eigenvalue weighted by atomic mass is 9.91. The maximum atomic E-state index is 11.9. The van der Waals surface area contributed by atoms with Crippen LogP contribution in [0.15, 0.2) is 41.4 Å². The fourth-order valence-electron chi connectivity index (χ4n) is 2.05. The molecule has 2 nitrogen and oxygen atoms in total. The molecule has 3 rings (SSSR count). The average Bonchev–Trinajstić information content (AvgIpc) is 2.34. The first-order valence-corrected chi connectivity index (χ1v) is 6.01. The van der Waals surface area contributed by atoms with E-state index in [1.54, 1.807) is 24.3 Å². The van der Waals surface area contributed by atoms with Crippen LogP contribution in [0.2, 0.25) is 5.02 Å². The smallest absolute Gasteiger partial charge is 0.205 e. The molecule has 0 radical (unpaired) electrons. The van der Waals surface area contributed by atoms with Gasteiger partial charge < -0.3 is 0 Å². The Morgan fingerprint density at radius 3 is 2.33 bits per heavy atom. The van der Waals surface area contributed by atoms with E-state index in [1.165, 1.54) is 0 Å². The fraction of sp³-hybridized carbons (Fsp3) is 0. The van der Waals surface area contributed by atoms with Crippen molar-refractivity contribution in [3.63, 3.8) is 0 Å². The van der Waals surface area contributed by atoms with Crippen molar-refractivity contribution in [1.82, 2.24) is 0 Å². The number of rotatable bonds is 0. The van der Waals surface area contributed by atoms with Gasteiger partial charge in [-0.3, -0.25) is 9.59 Å². The maximum Gasteiger partial charge on any atom is 0.205 e. The molecule has 0 heterocycles. The molecule has 88 valence electrons. The summed E-state index contributed by atoms with van der Waals surface area (Å²) in [5.74, 6) is -0.570. The minimum atomic E-state index is -0.317. The van der Waals surface area contributed by atoms with Crippen LogP contribution in [0, 0.1) is 0 Å². The molecular weight excluding hydrogens is 271 g/mol. The van der Waals surface area contributed by atoms with E-state index in [-0.39, 0.29) is 16.6 Å². The number of allylic oxidation sites excluding steroid dienone is 2. The third-order valence-electron chi connectivity index (χ3n) is 2.92. The standard InChI is InChI=1S/C14H6Cl2O2/c15-9-2-1-7-4-11-10(5-8(7)3-9)13(17)6-12(16)14(11)18/h1-6H. The first-order chi connectivity index (χ1) is 8.56. The van der Waals surface area contributed by atoms with Crippen molar-refractivity contribution in [3.05, 3.63) is 57.6 Å². The molecule has 0 bridgehead atoms. The highest BCUT2D eigenvalue weighted by molar-refractivity contribution is 6.49. The maximum absolute atomic E-state index is 11.9. The van der Waals surface area contributed by atoms with Crippen LogP contribution in [-0.4, -0.2) is 11.6 Å². The Hall–Kier alpha value is -1.64. The highest BCUT2D eigenvalue weighted by Gasteiger charge is 2.24. The van der Waals surface area contributed by atoms with Crippen LogP contribution in [-0.2, 0) is 0 Å². The lowest BCUT2D eigenvalue weighted by molar-refractivity contribution is 0.0991. The molecule has 0 saturated heterocycles. The summed E-state index contributed by atoms with van der Waals surface area (Å²) in [7, 11) is 0. The summed E-state index contributed by atoms with van der Waals surface area (Å²) in [4.78, 5) is 23.7. The summed E-state index contributed by atoms with van der Waals surface area (Å²) >= 11 is 11.6. The molecule has 0 spiro atoms. The third kappa shape index (κ3) is 1.65. The predicted molar refractivity (Wildman–Crippen MR) is 71.6 cm³/mol. The zero-order chi connectivity index (χ0) is 12.9. The van der Waals surface area contributed by atoms with Crippen LogP contribution in [0.25, 0.3) is 10.8 Å². The summed E-state index contributed by atoms with van der Waals surface area (Å²) < 4.78 is 0. The average molecular weight is 277 g/mol. The Labute approximate surface area is 113 Å². The van der Waals surface area contributed by atoms with E-state index < -0.39 is 0 Å². The van der Waals surface area contributed by atoms with Crippen molar-refractivity contribution in [2.45, 2.75) is 0 Å². The third-order valence-corrected chi connectivity index (χ3v) is 3.44. The molecule has 2 aromatic rings. The minimum Gasteiger partial charge on any atom is -0.289 e. The van der Waals surface area contributed by atoms with Crippen molar-refractivity contribution in [2.24, 2.45) is 0 Å². The molecule has 0 unspecified atom stereocenters. The van der Waals surface area contributed by atoms with Gasteiger partial charge in [0.25, 0.3) is 0 Å². The van der Waals surface area contributed by atoms with Gasteiger partial charge >= 0.3 is 0 Å². The van der Waals surface area contributed by atoms with Gasteiger partial charge in [-0.15, -0.1) is 0 Å². The molecule has 0 amide bonds. The van der Waals surface area contributed by atoms with Gasteiger partial charge in [-0.05, 0) is 35.0 Å². The van der Waals surface area contributed by atoms with E-state index in [2.05, 4.69) is 0 Å². The van der Waals surface area contributed by atoms with Crippen LogP contribution < -0.4 is 0 Å². The second-order valence-corrected chi connectivity index (χ2v) is 4.92. The van der Waals surface area contributed by atoms with E-state index >= 15 is 0 Å². The summed E-state index contributed by atoms with van der Waals surface area (Å²) in [6, 6.07) is 8.66. The molecule has 1 aliphatic rings. The molecule has 1 aliphatic carbocycles. The van der Waals surface area contributed by atoms with E-state index in [4.69, 9.17) is 23.2 Å². The quantitative estimate of drug-likeness (QED) is 0.729. The predicted octanol–water partition coefficient (Wildman–Crippen LogP) is 3.99. The summed E-state index contributed by atoms with van der Waals surface area (Å²) in [6.07, 6.45) is 1.16. The highest BCUT2D eigenvalue weighted by Crippen LogP contribution is 2.29. The van der Waals surface area contributed by atoms with Gasteiger partial charge in [-0.2, -0.15) is 0 Å². The van der Waals surface area contributed by atoms with Crippen molar-refractivity contribution in [1.29, 1.82) is 0 Å². The van der Waals surface area contributed by atoms with Crippen LogP contribution in [0.3, 0.4) is 0 Å². The number of fused-ring (bicyclic) bond motifs is 2. The number of benzene rings is 2. The zero-order valence-electron chi connectivity index (χ0n) is 9.04. The van der Waals surface area contributed by atoms with Crippen LogP contribution in [0.4, 0.5) is 0 Å². The zero-order valence-corrected chi connectivity index (χ0v) is 10.5. The van der Waals surface area contributed by atoms with Gasteiger partial charge in [-0.25, -0.2) is 0 Å². The highest BCUT2D eigenvalue weighted by atomic mass is 35.5. The van der Waals surface area contributed by atoms with Crippen LogP contribution >= 0.6 is 23.2 Å². The van der Waals surface area contributed by atoms with Gasteiger partial charge in [0.05, 0.1) is 5.03 Å². The first kappa shape index (κ1) is 11.5. The number of carbonyl (C=O) groups is 2. The van der Waals surface area contributed by atoms with Gasteiger partial charge in [0.2, 0.25) is 5.78 Å². The number of hydrogen-bond donors (Lipinski definition) is 0. The van der Waals surface area contributed by atoms with Crippen molar-refractivity contribution in [3.8, 4) is 0 Å². The van der Waals surface area contributed by atoms with Crippen molar-refractivity contribution < 1.29 is 9.59 Å². The Kier molecular flexibility index (Phi) is 2.51. The lowest BCUT2D eigenvalue weighted by Gasteiger charge is -2.12. The molecule has 0 saturated carbocycles. The summed E-state index contributed by atoms with van der Waals surface area (Å²) in [6.45, 7) is 0. The van der Waals surface area contributed by atoms with Crippen LogP contribution in [0.1, 0.15) is 20.7 Å². The normalized spacial score (nSPS) is 14.7. The molecule has 0 aliphatic heterocycles. The summed E-state index contributed by atoms with van der Waals surface area (Å²) in [5.41, 5.74) is 0.724. The topological polar surface area (TPSA) is 34.1 Å². The molecule has 0 fully saturated rings. The Bertz CT molecular complexity index is 745. The van der Waals surface area contributed by atoms with Gasteiger partial charge in [0.1, 0.15) is 0 Å². The molecule has 2 aromatic carbocycles. The van der Waals surface area contributed by atoms with E-state index in [1.807, 2.05) is 6.07 Å². The fourth-order valence-corrected chi connectivity index (χ4v) is 2.43. The summed E-state index contributed by atoms with van der Waals surface area (Å²) in [5, 5.41) is 2.23. The van der Waals surface area contributed by atoms with E-state index in [0.29, 0.717) is 16.1 Å². The monoisotopic (exact) mass is 276 g/mol. The Morgan fingerprint density at radius 2 is 1.56 bits per heavy atom. The van der Waals surface area contributed by atoms with Gasteiger partial charge in [0.15, 0.2) is 5.78 Å². The molecule has 0 aromatic heterocycles. The lowest BCUT2D eigenvalue weighted by Crippen LogP contribution is -2.14. The van der Waals surface area contributed by atoms with E-state index in [0.717, 1.165) is 16.8 Å². The van der Waals surface area contributed by atoms with Crippen molar-refractivity contribution in [2.75, 3.05) is 0 Å². The first-order valence-electron chi connectivity index (χ1n) is 5.26. The Morgan fingerprint density at radius 1 is 0.833 bits per heavy atom.